The van der Waals surface area contributed by atoms with Crippen LogP contribution < -0.4 is 10.6 Å². The maximum absolute atomic E-state index is 12.4. The third kappa shape index (κ3) is 5.03. The molecule has 2 N–H and O–H groups in total. The molecule has 1 heterocycles. The molecule has 6 nitrogen and oxygen atoms in total. The Labute approximate surface area is 142 Å². The summed E-state index contributed by atoms with van der Waals surface area (Å²) in [6.45, 7) is 5.60. The molecule has 0 bridgehead atoms. The Morgan fingerprint density at radius 1 is 1.21 bits per heavy atom. The van der Waals surface area contributed by atoms with Gasteiger partial charge in [-0.05, 0) is 24.0 Å². The highest BCUT2D eigenvalue weighted by Crippen LogP contribution is 2.24. The summed E-state index contributed by atoms with van der Waals surface area (Å²) in [5.41, 5.74) is 2.35. The number of carbonyl (C=O) groups excluding carboxylic acids is 1. The highest BCUT2D eigenvalue weighted by molar-refractivity contribution is 6.04. The van der Waals surface area contributed by atoms with Gasteiger partial charge in [0.05, 0.1) is 5.56 Å². The molecule has 0 atom stereocenters. The second-order valence-electron chi connectivity index (χ2n) is 5.76. The average molecular weight is 328 g/mol. The molecule has 1 amide bonds. The van der Waals surface area contributed by atoms with E-state index >= 15 is 0 Å². The zero-order valence-electron chi connectivity index (χ0n) is 14.4. The summed E-state index contributed by atoms with van der Waals surface area (Å²) in [5.74, 6) is 0.621. The van der Waals surface area contributed by atoms with Crippen LogP contribution in [0.4, 0.5) is 11.6 Å². The van der Waals surface area contributed by atoms with Crippen LogP contribution in [0.5, 0.6) is 0 Å². The monoisotopic (exact) mass is 328 g/mol. The Bertz CT molecular complexity index is 656. The third-order valence-corrected chi connectivity index (χ3v) is 3.55. The highest BCUT2D eigenvalue weighted by Gasteiger charge is 2.11. The van der Waals surface area contributed by atoms with Crippen molar-refractivity contribution < 1.29 is 9.53 Å². The minimum atomic E-state index is -0.214. The van der Waals surface area contributed by atoms with Crippen LogP contribution in [-0.2, 0) is 4.74 Å². The molecule has 0 aliphatic heterocycles. The SMILES string of the molecule is COCCCNc1ncc(C(=O)Nc2ccccc2C(C)C)cn1. The number of methoxy groups -OCH3 is 1. The van der Waals surface area contributed by atoms with E-state index in [4.69, 9.17) is 4.74 Å². The maximum atomic E-state index is 12.4. The fraction of sp³-hybridized carbons (Fsp3) is 0.389. The van der Waals surface area contributed by atoms with Crippen molar-refractivity contribution in [1.82, 2.24) is 9.97 Å². The average Bonchev–Trinajstić information content (AvgIpc) is 2.59. The quantitative estimate of drug-likeness (QED) is 0.727. The summed E-state index contributed by atoms with van der Waals surface area (Å²) in [6, 6.07) is 7.80. The predicted octanol–water partition coefficient (Wildman–Crippen LogP) is 3.30. The molecule has 24 heavy (non-hydrogen) atoms. The van der Waals surface area contributed by atoms with E-state index < -0.39 is 0 Å². The van der Waals surface area contributed by atoms with Gasteiger partial charge in [0.1, 0.15) is 0 Å². The number of aromatic nitrogens is 2. The van der Waals surface area contributed by atoms with Crippen LogP contribution in [-0.4, -0.2) is 36.1 Å². The standard InChI is InChI=1S/C18H24N4O2/c1-13(2)15-7-4-5-8-16(15)22-17(23)14-11-20-18(21-12-14)19-9-6-10-24-3/h4-5,7-8,11-13H,6,9-10H2,1-3H3,(H,22,23)(H,19,20,21). The first kappa shape index (κ1) is 17.9. The van der Waals surface area contributed by atoms with Crippen molar-refractivity contribution in [3.05, 3.63) is 47.8 Å². The van der Waals surface area contributed by atoms with E-state index in [1.165, 1.54) is 12.4 Å². The number of nitrogens with zero attached hydrogens (tertiary/aromatic N) is 2. The largest absolute Gasteiger partial charge is 0.385 e. The fourth-order valence-electron chi connectivity index (χ4n) is 2.26. The minimum Gasteiger partial charge on any atom is -0.385 e. The van der Waals surface area contributed by atoms with E-state index in [-0.39, 0.29) is 5.91 Å². The van der Waals surface area contributed by atoms with Crippen molar-refractivity contribution in [1.29, 1.82) is 0 Å². The van der Waals surface area contributed by atoms with Crippen LogP contribution in [0.25, 0.3) is 0 Å². The second-order valence-corrected chi connectivity index (χ2v) is 5.76. The third-order valence-electron chi connectivity index (χ3n) is 3.55. The van der Waals surface area contributed by atoms with Gasteiger partial charge < -0.3 is 15.4 Å². The van der Waals surface area contributed by atoms with E-state index in [0.29, 0.717) is 24.0 Å². The summed E-state index contributed by atoms with van der Waals surface area (Å²) in [7, 11) is 1.67. The molecule has 0 saturated carbocycles. The predicted molar refractivity (Wildman–Crippen MR) is 95.5 cm³/mol. The topological polar surface area (TPSA) is 76.1 Å². The summed E-state index contributed by atoms with van der Waals surface area (Å²) in [5, 5.41) is 6.02. The summed E-state index contributed by atoms with van der Waals surface area (Å²) >= 11 is 0. The number of nitrogens with one attached hydrogen (secondary N) is 2. The van der Waals surface area contributed by atoms with E-state index in [9.17, 15) is 4.79 Å². The molecule has 1 aromatic carbocycles. The summed E-state index contributed by atoms with van der Waals surface area (Å²) in [4.78, 5) is 20.7. The smallest absolute Gasteiger partial charge is 0.258 e. The number of hydrogen-bond acceptors (Lipinski definition) is 5. The Morgan fingerprint density at radius 3 is 2.58 bits per heavy atom. The van der Waals surface area contributed by atoms with Crippen molar-refractivity contribution >= 4 is 17.5 Å². The molecule has 2 aromatic rings. The van der Waals surface area contributed by atoms with E-state index in [1.807, 2.05) is 24.3 Å². The van der Waals surface area contributed by atoms with Gasteiger partial charge in [-0.3, -0.25) is 4.79 Å². The fourth-order valence-corrected chi connectivity index (χ4v) is 2.26. The van der Waals surface area contributed by atoms with E-state index in [1.54, 1.807) is 7.11 Å². The number of para-hydroxylation sites is 1. The Kier molecular flexibility index (Phi) is 6.69. The van der Waals surface area contributed by atoms with Gasteiger partial charge in [-0.1, -0.05) is 32.0 Å². The lowest BCUT2D eigenvalue weighted by atomic mass is 10.0. The number of hydrogen-bond donors (Lipinski definition) is 2. The molecule has 0 unspecified atom stereocenters. The number of rotatable bonds is 8. The molecule has 0 spiro atoms. The first-order valence-electron chi connectivity index (χ1n) is 8.07. The molecule has 0 radical (unpaired) electrons. The van der Waals surface area contributed by atoms with Crippen LogP contribution in [0.2, 0.25) is 0 Å². The number of amides is 1. The zero-order valence-corrected chi connectivity index (χ0v) is 14.4. The Morgan fingerprint density at radius 2 is 1.92 bits per heavy atom. The Hall–Kier alpha value is -2.47. The van der Waals surface area contributed by atoms with E-state index in [0.717, 1.165) is 24.2 Å². The van der Waals surface area contributed by atoms with Gasteiger partial charge in [0, 0.05) is 38.3 Å². The van der Waals surface area contributed by atoms with Crippen LogP contribution >= 0.6 is 0 Å². The molecular formula is C18H24N4O2. The van der Waals surface area contributed by atoms with Crippen molar-refractivity contribution in [3.63, 3.8) is 0 Å². The van der Waals surface area contributed by atoms with Crippen LogP contribution in [0, 0.1) is 0 Å². The lowest BCUT2D eigenvalue weighted by molar-refractivity contribution is 0.102. The Balaban J connectivity index is 1.98. The molecule has 128 valence electrons. The van der Waals surface area contributed by atoms with Crippen molar-refractivity contribution in [2.45, 2.75) is 26.2 Å². The lowest BCUT2D eigenvalue weighted by Crippen LogP contribution is -2.15. The van der Waals surface area contributed by atoms with Crippen molar-refractivity contribution in [3.8, 4) is 0 Å². The second kappa shape index (κ2) is 8.98. The molecule has 6 heteroatoms. The number of anilines is 2. The zero-order chi connectivity index (χ0) is 17.4. The van der Waals surface area contributed by atoms with Gasteiger partial charge in [0.25, 0.3) is 5.91 Å². The molecule has 0 aliphatic carbocycles. The molecule has 0 aliphatic rings. The molecular weight excluding hydrogens is 304 g/mol. The van der Waals surface area contributed by atoms with Crippen molar-refractivity contribution in [2.75, 3.05) is 30.9 Å². The summed E-state index contributed by atoms with van der Waals surface area (Å²) in [6.07, 6.45) is 3.92. The first-order chi connectivity index (χ1) is 11.6. The van der Waals surface area contributed by atoms with Gasteiger partial charge in [0.15, 0.2) is 0 Å². The molecule has 2 rings (SSSR count). The highest BCUT2D eigenvalue weighted by atomic mass is 16.5. The summed E-state index contributed by atoms with van der Waals surface area (Å²) < 4.78 is 4.98. The van der Waals surface area contributed by atoms with Crippen LogP contribution in [0.3, 0.4) is 0 Å². The first-order valence-corrected chi connectivity index (χ1v) is 8.07. The minimum absolute atomic E-state index is 0.214. The number of ether oxygens (including phenoxy) is 1. The van der Waals surface area contributed by atoms with Crippen LogP contribution in [0.1, 0.15) is 42.1 Å². The van der Waals surface area contributed by atoms with Crippen LogP contribution in [0.15, 0.2) is 36.7 Å². The van der Waals surface area contributed by atoms with Gasteiger partial charge in [-0.2, -0.15) is 0 Å². The molecule has 0 fully saturated rings. The number of benzene rings is 1. The molecule has 1 aromatic heterocycles. The van der Waals surface area contributed by atoms with E-state index in [2.05, 4.69) is 34.4 Å². The maximum Gasteiger partial charge on any atom is 0.258 e. The molecule has 0 saturated heterocycles. The normalized spacial score (nSPS) is 10.7. The van der Waals surface area contributed by atoms with Gasteiger partial charge >= 0.3 is 0 Å². The lowest BCUT2D eigenvalue weighted by Gasteiger charge is -2.13. The van der Waals surface area contributed by atoms with Crippen molar-refractivity contribution in [2.24, 2.45) is 0 Å². The van der Waals surface area contributed by atoms with Gasteiger partial charge in [-0.15, -0.1) is 0 Å². The van der Waals surface area contributed by atoms with Gasteiger partial charge in [-0.25, -0.2) is 9.97 Å². The number of carbonyl (C=O) groups is 1. The van der Waals surface area contributed by atoms with Gasteiger partial charge in [0.2, 0.25) is 5.95 Å².